The molecule has 0 spiro atoms. The summed E-state index contributed by atoms with van der Waals surface area (Å²) in [5, 5.41) is 21.8. The van der Waals surface area contributed by atoms with Crippen molar-refractivity contribution in [2.75, 3.05) is 18.0 Å². The van der Waals surface area contributed by atoms with Crippen LogP contribution in [0.4, 0.5) is 5.82 Å². The average Bonchev–Trinajstić information content (AvgIpc) is 2.63. The molecule has 1 fully saturated rings. The number of hydrogen-bond acceptors (Lipinski definition) is 6. The van der Waals surface area contributed by atoms with E-state index < -0.39 is 0 Å². The molecule has 7 nitrogen and oxygen atoms in total. The molecule has 0 bridgehead atoms. The van der Waals surface area contributed by atoms with Crippen LogP contribution in [0.25, 0.3) is 0 Å². The smallest absolute Gasteiger partial charge is 0.266 e. The van der Waals surface area contributed by atoms with Crippen molar-refractivity contribution in [1.82, 2.24) is 20.0 Å². The van der Waals surface area contributed by atoms with Crippen LogP contribution < -0.4 is 10.5 Å². The second-order valence-corrected chi connectivity index (χ2v) is 7.80. The maximum absolute atomic E-state index is 12.2. The number of aromatic nitrogens is 4. The lowest BCUT2D eigenvalue weighted by Gasteiger charge is -2.33. The van der Waals surface area contributed by atoms with Crippen molar-refractivity contribution in [3.63, 3.8) is 0 Å². The molecule has 26 heavy (non-hydrogen) atoms. The van der Waals surface area contributed by atoms with E-state index in [0.717, 1.165) is 31.6 Å². The number of nitriles is 1. The van der Waals surface area contributed by atoms with E-state index in [9.17, 15) is 10.1 Å². The minimum absolute atomic E-state index is 0.0545. The fraction of sp³-hybridized carbons (Fsp3) is 0.526. The maximum Gasteiger partial charge on any atom is 0.266 e. The lowest BCUT2D eigenvalue weighted by atomic mass is 9.92. The summed E-state index contributed by atoms with van der Waals surface area (Å²) >= 11 is 0. The van der Waals surface area contributed by atoms with Gasteiger partial charge in [0.2, 0.25) is 0 Å². The fourth-order valence-corrected chi connectivity index (χ4v) is 3.20. The minimum Gasteiger partial charge on any atom is -0.354 e. The molecule has 0 aromatic carbocycles. The summed E-state index contributed by atoms with van der Waals surface area (Å²) in [5.41, 5.74) is 1.33. The number of nitrogens with zero attached hydrogens (tertiary/aromatic N) is 6. The van der Waals surface area contributed by atoms with E-state index in [1.807, 2.05) is 6.07 Å². The molecule has 0 atom stereocenters. The molecule has 7 heteroatoms. The first kappa shape index (κ1) is 18.1. The van der Waals surface area contributed by atoms with Crippen LogP contribution >= 0.6 is 0 Å². The van der Waals surface area contributed by atoms with Gasteiger partial charge in [-0.25, -0.2) is 4.68 Å². The Bertz CT molecular complexity index is 869. The molecule has 0 amide bonds. The Kier molecular flexibility index (Phi) is 5.03. The molecule has 0 unspecified atom stereocenters. The SMILES string of the molecule is CC(C)(C)c1ccc(=O)n(CC2CCN(c3nnccc3C#N)CC2)n1. The second-order valence-electron chi connectivity index (χ2n) is 7.80. The minimum atomic E-state index is -0.0848. The van der Waals surface area contributed by atoms with Crippen molar-refractivity contribution in [3.8, 4) is 6.07 Å². The highest BCUT2D eigenvalue weighted by molar-refractivity contribution is 5.52. The van der Waals surface area contributed by atoms with Crippen molar-refractivity contribution >= 4 is 5.82 Å². The summed E-state index contributed by atoms with van der Waals surface area (Å²) in [7, 11) is 0. The van der Waals surface area contributed by atoms with Crippen LogP contribution in [0.2, 0.25) is 0 Å². The average molecular weight is 352 g/mol. The zero-order valence-electron chi connectivity index (χ0n) is 15.5. The van der Waals surface area contributed by atoms with E-state index in [2.05, 4.69) is 47.0 Å². The Hall–Kier alpha value is -2.75. The Morgan fingerprint density at radius 3 is 2.62 bits per heavy atom. The van der Waals surface area contributed by atoms with Crippen LogP contribution in [0.1, 0.15) is 44.9 Å². The molecule has 3 heterocycles. The predicted molar refractivity (Wildman–Crippen MR) is 98.9 cm³/mol. The first-order valence-electron chi connectivity index (χ1n) is 8.94. The van der Waals surface area contributed by atoms with E-state index in [1.54, 1.807) is 16.8 Å². The van der Waals surface area contributed by atoms with Gasteiger partial charge >= 0.3 is 0 Å². The molecule has 0 saturated carbocycles. The van der Waals surface area contributed by atoms with Crippen molar-refractivity contribution in [2.24, 2.45) is 5.92 Å². The third-order valence-corrected chi connectivity index (χ3v) is 4.80. The molecule has 1 aliphatic heterocycles. The zero-order valence-corrected chi connectivity index (χ0v) is 15.5. The molecule has 1 aliphatic rings. The molecule has 136 valence electrons. The van der Waals surface area contributed by atoms with Crippen molar-refractivity contribution in [3.05, 3.63) is 46.0 Å². The van der Waals surface area contributed by atoms with Crippen molar-refractivity contribution in [1.29, 1.82) is 5.26 Å². The van der Waals surface area contributed by atoms with Gasteiger partial charge in [-0.15, -0.1) is 5.10 Å². The summed E-state index contributed by atoms with van der Waals surface area (Å²) in [5.74, 6) is 1.03. The van der Waals surface area contributed by atoms with Crippen molar-refractivity contribution < 1.29 is 0 Å². The summed E-state index contributed by atoms with van der Waals surface area (Å²) in [6, 6.07) is 7.29. The highest BCUT2D eigenvalue weighted by Crippen LogP contribution is 2.25. The van der Waals surface area contributed by atoms with Gasteiger partial charge in [0.25, 0.3) is 5.56 Å². The van der Waals surface area contributed by atoms with E-state index in [4.69, 9.17) is 0 Å². The zero-order chi connectivity index (χ0) is 18.7. The number of anilines is 1. The predicted octanol–water partition coefficient (Wildman–Crippen LogP) is 2.12. The fourth-order valence-electron chi connectivity index (χ4n) is 3.20. The molecule has 1 saturated heterocycles. The number of piperidine rings is 1. The van der Waals surface area contributed by atoms with E-state index in [1.165, 1.54) is 6.20 Å². The highest BCUT2D eigenvalue weighted by Gasteiger charge is 2.24. The van der Waals surface area contributed by atoms with Crippen LogP contribution in [0.3, 0.4) is 0 Å². The summed E-state index contributed by atoms with van der Waals surface area (Å²) in [6.07, 6.45) is 3.39. The van der Waals surface area contributed by atoms with Crippen LogP contribution in [0, 0.1) is 17.2 Å². The van der Waals surface area contributed by atoms with Gasteiger partial charge < -0.3 is 4.90 Å². The van der Waals surface area contributed by atoms with Gasteiger partial charge in [-0.1, -0.05) is 20.8 Å². The van der Waals surface area contributed by atoms with Crippen LogP contribution in [-0.4, -0.2) is 33.1 Å². The van der Waals surface area contributed by atoms with Crippen LogP contribution in [-0.2, 0) is 12.0 Å². The van der Waals surface area contributed by atoms with Crippen molar-refractivity contribution in [2.45, 2.75) is 45.6 Å². The molecule has 0 radical (unpaired) electrons. The quantitative estimate of drug-likeness (QED) is 0.841. The van der Waals surface area contributed by atoms with Gasteiger partial charge in [-0.2, -0.15) is 15.5 Å². The molecule has 0 aliphatic carbocycles. The third kappa shape index (κ3) is 3.90. The molecule has 2 aromatic rings. The van der Waals surface area contributed by atoms with Gasteiger partial charge in [-0.05, 0) is 30.9 Å². The molecule has 0 N–H and O–H groups in total. The number of hydrogen-bond donors (Lipinski definition) is 0. The van der Waals surface area contributed by atoms with Gasteiger partial charge in [-0.3, -0.25) is 4.79 Å². The van der Waals surface area contributed by atoms with E-state index >= 15 is 0 Å². The Morgan fingerprint density at radius 1 is 1.23 bits per heavy atom. The van der Waals surface area contributed by atoms with Gasteiger partial charge in [0.05, 0.1) is 17.5 Å². The molecular formula is C19H24N6O. The first-order chi connectivity index (χ1) is 12.4. The highest BCUT2D eigenvalue weighted by atomic mass is 16.1. The first-order valence-corrected chi connectivity index (χ1v) is 8.94. The lowest BCUT2D eigenvalue weighted by molar-refractivity contribution is 0.329. The normalized spacial score (nSPS) is 15.7. The summed E-state index contributed by atoms with van der Waals surface area (Å²) in [4.78, 5) is 14.3. The third-order valence-electron chi connectivity index (χ3n) is 4.80. The Balaban J connectivity index is 1.68. The van der Waals surface area contributed by atoms with Crippen LogP contribution in [0.15, 0.2) is 29.2 Å². The van der Waals surface area contributed by atoms with E-state index in [-0.39, 0.29) is 11.0 Å². The van der Waals surface area contributed by atoms with Gasteiger partial charge in [0.15, 0.2) is 5.82 Å². The summed E-state index contributed by atoms with van der Waals surface area (Å²) in [6.45, 7) is 8.50. The summed E-state index contributed by atoms with van der Waals surface area (Å²) < 4.78 is 1.60. The Labute approximate surface area is 153 Å². The van der Waals surface area contributed by atoms with Gasteiger partial charge in [0, 0.05) is 31.1 Å². The number of rotatable bonds is 3. The monoisotopic (exact) mass is 352 g/mol. The van der Waals surface area contributed by atoms with E-state index in [0.29, 0.717) is 23.8 Å². The maximum atomic E-state index is 12.2. The largest absolute Gasteiger partial charge is 0.354 e. The topological polar surface area (TPSA) is 87.7 Å². The lowest BCUT2D eigenvalue weighted by Crippen LogP contribution is -2.38. The Morgan fingerprint density at radius 2 is 1.96 bits per heavy atom. The van der Waals surface area contributed by atoms with Crippen LogP contribution in [0.5, 0.6) is 0 Å². The second kappa shape index (κ2) is 7.24. The van der Waals surface area contributed by atoms with Gasteiger partial charge in [0.1, 0.15) is 6.07 Å². The molecular weight excluding hydrogens is 328 g/mol. The molecule has 2 aromatic heterocycles. The molecule has 3 rings (SSSR count). The standard InChI is InChI=1S/C19H24N6O/c1-19(2,3)16-4-5-17(26)25(23-16)13-14-7-10-24(11-8-14)18-15(12-20)6-9-21-22-18/h4-6,9,14H,7-8,10-11,13H2,1-3H3.